The van der Waals surface area contributed by atoms with Gasteiger partial charge in [-0.1, -0.05) is 11.6 Å². The van der Waals surface area contributed by atoms with Crippen LogP contribution in [0.4, 0.5) is 10.1 Å². The van der Waals surface area contributed by atoms with Crippen molar-refractivity contribution < 1.29 is 14.0 Å². The number of hydrogen-bond donors (Lipinski definition) is 1. The van der Waals surface area contributed by atoms with Crippen molar-refractivity contribution in [1.29, 1.82) is 0 Å². The van der Waals surface area contributed by atoms with Crippen LogP contribution in [0.25, 0.3) is 10.9 Å². The van der Waals surface area contributed by atoms with E-state index in [1.165, 1.54) is 59.6 Å². The lowest BCUT2D eigenvalue weighted by Gasteiger charge is -2.14. The summed E-state index contributed by atoms with van der Waals surface area (Å²) in [4.78, 5) is 42.6. The molecule has 6 nitrogen and oxygen atoms in total. The summed E-state index contributed by atoms with van der Waals surface area (Å²) < 4.78 is 15.0. The normalized spacial score (nSPS) is 10.8. The van der Waals surface area contributed by atoms with Crippen molar-refractivity contribution in [3.63, 3.8) is 0 Å². The summed E-state index contributed by atoms with van der Waals surface area (Å²) in [7, 11) is 0. The lowest BCUT2D eigenvalue weighted by atomic mass is 10.0. The van der Waals surface area contributed by atoms with Gasteiger partial charge in [-0.3, -0.25) is 19.4 Å². The predicted molar refractivity (Wildman–Crippen MR) is 121 cm³/mol. The van der Waals surface area contributed by atoms with Crippen LogP contribution < -0.4 is 10.7 Å². The van der Waals surface area contributed by atoms with Crippen LogP contribution in [-0.2, 0) is 11.3 Å². The average Bonchev–Trinajstić information content (AvgIpc) is 2.78. The smallest absolute Gasteiger partial charge is 0.244 e. The Kier molecular flexibility index (Phi) is 5.83. The number of amides is 1. The van der Waals surface area contributed by atoms with Crippen LogP contribution in [-0.4, -0.2) is 21.2 Å². The molecule has 4 aromatic rings. The highest BCUT2D eigenvalue weighted by molar-refractivity contribution is 6.31. The summed E-state index contributed by atoms with van der Waals surface area (Å²) in [6.07, 6.45) is 4.29. The van der Waals surface area contributed by atoms with Crippen molar-refractivity contribution in [2.24, 2.45) is 0 Å². The monoisotopic (exact) mass is 449 g/mol. The molecule has 2 aromatic carbocycles. The number of rotatable bonds is 5. The van der Waals surface area contributed by atoms with Crippen molar-refractivity contribution in [1.82, 2.24) is 9.55 Å². The first kappa shape index (κ1) is 21.4. The lowest BCUT2D eigenvalue weighted by Crippen LogP contribution is -2.24. The van der Waals surface area contributed by atoms with Crippen molar-refractivity contribution in [2.75, 3.05) is 5.32 Å². The van der Waals surface area contributed by atoms with Crippen LogP contribution in [0.3, 0.4) is 0 Å². The van der Waals surface area contributed by atoms with Gasteiger partial charge < -0.3 is 9.88 Å². The van der Waals surface area contributed by atoms with E-state index in [1.54, 1.807) is 19.1 Å². The minimum Gasteiger partial charge on any atom is -0.337 e. The van der Waals surface area contributed by atoms with E-state index in [-0.39, 0.29) is 23.3 Å². The third-order valence-electron chi connectivity index (χ3n) is 4.99. The van der Waals surface area contributed by atoms with Gasteiger partial charge in [0.25, 0.3) is 0 Å². The Morgan fingerprint density at radius 1 is 1.09 bits per heavy atom. The van der Waals surface area contributed by atoms with Gasteiger partial charge in [-0.15, -0.1) is 0 Å². The minimum atomic E-state index is -0.484. The second-order valence-corrected chi connectivity index (χ2v) is 7.67. The molecule has 0 aliphatic rings. The molecule has 0 unspecified atom stereocenters. The summed E-state index contributed by atoms with van der Waals surface area (Å²) >= 11 is 6.08. The number of carbonyl (C=O) groups excluding carboxylic acids is 2. The molecular formula is C24H17ClFN3O3. The zero-order valence-electron chi connectivity index (χ0n) is 16.9. The van der Waals surface area contributed by atoms with E-state index in [4.69, 9.17) is 11.6 Å². The topological polar surface area (TPSA) is 81.1 Å². The number of carbonyl (C=O) groups is 2. The lowest BCUT2D eigenvalue weighted by molar-refractivity contribution is -0.116. The van der Waals surface area contributed by atoms with E-state index >= 15 is 0 Å². The van der Waals surface area contributed by atoms with Crippen LogP contribution in [0.15, 0.2) is 71.9 Å². The molecule has 2 heterocycles. The zero-order chi connectivity index (χ0) is 22.8. The number of nitrogens with zero attached hydrogens (tertiary/aromatic N) is 2. The van der Waals surface area contributed by atoms with Crippen LogP contribution >= 0.6 is 11.6 Å². The summed E-state index contributed by atoms with van der Waals surface area (Å²) in [6, 6.07) is 12.0. The summed E-state index contributed by atoms with van der Waals surface area (Å²) in [5.74, 6) is -1.26. The molecule has 4 rings (SSSR count). The van der Waals surface area contributed by atoms with Gasteiger partial charge in [0, 0.05) is 40.3 Å². The summed E-state index contributed by atoms with van der Waals surface area (Å²) in [6.45, 7) is 1.42. The Morgan fingerprint density at radius 2 is 1.84 bits per heavy atom. The minimum absolute atomic E-state index is 0.0867. The number of aromatic nitrogens is 2. The van der Waals surface area contributed by atoms with Crippen LogP contribution in [0.5, 0.6) is 0 Å². The molecule has 0 radical (unpaired) electrons. The standard InChI is InChI=1S/C24H17ClFN3O3/c1-14-10-17(3-4-20(14)26)28-22(30)13-29-12-19(23(31)15-6-8-27-9-7-15)24(32)18-11-16(25)2-5-21(18)29/h2-12H,13H2,1H3,(H,28,30). The molecule has 0 aliphatic heterocycles. The fourth-order valence-electron chi connectivity index (χ4n) is 3.40. The highest BCUT2D eigenvalue weighted by Crippen LogP contribution is 2.20. The van der Waals surface area contributed by atoms with Crippen molar-refractivity contribution in [2.45, 2.75) is 13.5 Å². The number of benzene rings is 2. The van der Waals surface area contributed by atoms with Gasteiger partial charge in [0.15, 0.2) is 5.78 Å². The third kappa shape index (κ3) is 4.29. The first-order valence-electron chi connectivity index (χ1n) is 9.67. The second-order valence-electron chi connectivity index (χ2n) is 7.24. The van der Waals surface area contributed by atoms with E-state index in [2.05, 4.69) is 10.3 Å². The largest absolute Gasteiger partial charge is 0.337 e. The number of halogens is 2. The molecule has 0 bridgehead atoms. The average molecular weight is 450 g/mol. The highest BCUT2D eigenvalue weighted by Gasteiger charge is 2.18. The van der Waals surface area contributed by atoms with Crippen LogP contribution in [0.1, 0.15) is 21.5 Å². The molecule has 32 heavy (non-hydrogen) atoms. The Labute approximate surface area is 187 Å². The van der Waals surface area contributed by atoms with E-state index in [0.29, 0.717) is 27.4 Å². The molecule has 0 aliphatic carbocycles. The van der Waals surface area contributed by atoms with Gasteiger partial charge in [-0.25, -0.2) is 4.39 Å². The van der Waals surface area contributed by atoms with Crippen LogP contribution in [0, 0.1) is 12.7 Å². The first-order chi connectivity index (χ1) is 15.3. The SMILES string of the molecule is Cc1cc(NC(=O)Cn2cc(C(=O)c3ccncc3)c(=O)c3cc(Cl)ccc32)ccc1F. The molecule has 0 saturated carbocycles. The fraction of sp³-hybridized carbons (Fsp3) is 0.0833. The third-order valence-corrected chi connectivity index (χ3v) is 5.22. The van der Waals surface area contributed by atoms with Crippen LogP contribution in [0.2, 0.25) is 5.02 Å². The molecule has 160 valence electrons. The number of ketones is 1. The maximum absolute atomic E-state index is 13.5. The Hall–Kier alpha value is -3.84. The van der Waals surface area contributed by atoms with E-state index in [1.807, 2.05) is 0 Å². The molecular weight excluding hydrogens is 433 g/mol. The second kappa shape index (κ2) is 8.72. The van der Waals surface area contributed by atoms with E-state index < -0.39 is 17.1 Å². The number of nitrogens with one attached hydrogen (secondary N) is 1. The molecule has 1 amide bonds. The maximum Gasteiger partial charge on any atom is 0.244 e. The number of anilines is 1. The Bertz CT molecular complexity index is 1420. The van der Waals surface area contributed by atoms with Gasteiger partial charge in [0.05, 0.1) is 11.1 Å². The van der Waals surface area contributed by atoms with Gasteiger partial charge >= 0.3 is 0 Å². The number of hydrogen-bond acceptors (Lipinski definition) is 4. The molecule has 0 atom stereocenters. The number of fused-ring (bicyclic) bond motifs is 1. The Morgan fingerprint density at radius 3 is 2.56 bits per heavy atom. The van der Waals surface area contributed by atoms with Gasteiger partial charge in [-0.2, -0.15) is 0 Å². The summed E-state index contributed by atoms with van der Waals surface area (Å²) in [5.41, 5.74) is 1.03. The summed E-state index contributed by atoms with van der Waals surface area (Å²) in [5, 5.41) is 3.26. The molecule has 2 aromatic heterocycles. The van der Waals surface area contributed by atoms with Gasteiger partial charge in [0.1, 0.15) is 12.4 Å². The molecule has 0 saturated heterocycles. The molecule has 8 heteroatoms. The molecule has 0 fully saturated rings. The number of pyridine rings is 2. The van der Waals surface area contributed by atoms with Crippen molar-refractivity contribution in [3.05, 3.63) is 105 Å². The fourth-order valence-corrected chi connectivity index (χ4v) is 3.57. The highest BCUT2D eigenvalue weighted by atomic mass is 35.5. The molecule has 1 N–H and O–H groups in total. The van der Waals surface area contributed by atoms with E-state index in [9.17, 15) is 18.8 Å². The van der Waals surface area contributed by atoms with E-state index in [0.717, 1.165) is 0 Å². The maximum atomic E-state index is 13.5. The zero-order valence-corrected chi connectivity index (χ0v) is 17.7. The Balaban J connectivity index is 1.75. The number of aryl methyl sites for hydroxylation is 1. The van der Waals surface area contributed by atoms with Crippen molar-refractivity contribution >= 4 is 39.9 Å². The quantitative estimate of drug-likeness (QED) is 0.459. The van der Waals surface area contributed by atoms with Crippen molar-refractivity contribution in [3.8, 4) is 0 Å². The predicted octanol–water partition coefficient (Wildman–Crippen LogP) is 4.37. The van der Waals surface area contributed by atoms with Gasteiger partial charge in [0.2, 0.25) is 11.3 Å². The first-order valence-corrected chi connectivity index (χ1v) is 10.0. The van der Waals surface area contributed by atoms with Gasteiger partial charge in [-0.05, 0) is 61.0 Å². The molecule has 0 spiro atoms.